The lowest BCUT2D eigenvalue weighted by atomic mass is 9.92. The molecular weight excluding hydrogens is 522 g/mol. The molecule has 0 spiro atoms. The van der Waals surface area contributed by atoms with Crippen LogP contribution in [0.4, 0.5) is 5.82 Å². The number of piperidine rings is 2. The fourth-order valence-corrected chi connectivity index (χ4v) is 5.67. The van der Waals surface area contributed by atoms with E-state index >= 15 is 0 Å². The molecule has 2 aromatic rings. The van der Waals surface area contributed by atoms with Crippen molar-refractivity contribution < 1.29 is 19.1 Å². The number of fused-ring (bicyclic) bond motifs is 1. The second-order valence-corrected chi connectivity index (χ2v) is 11.1. The van der Waals surface area contributed by atoms with Crippen LogP contribution in [0, 0.1) is 11.8 Å². The largest absolute Gasteiger partial charge is 0.381 e. The molecule has 41 heavy (non-hydrogen) atoms. The van der Waals surface area contributed by atoms with Crippen LogP contribution in [0.25, 0.3) is 11.0 Å². The van der Waals surface area contributed by atoms with E-state index in [-0.39, 0.29) is 17.9 Å². The number of anilines is 1. The SMILES string of the molecule is CCOCCC(=O)N1CCC(C)C(N(C)c2ncnc3[nH]ccc23)C1.CCOCCC(=O)N1CCC(C)C(NC)C1. The minimum absolute atomic E-state index is 0.174. The van der Waals surface area contributed by atoms with E-state index in [0.29, 0.717) is 57.1 Å². The molecule has 2 N–H and O–H groups in total. The van der Waals surface area contributed by atoms with Gasteiger partial charge in [-0.1, -0.05) is 13.8 Å². The first kappa shape index (κ1) is 32.8. The van der Waals surface area contributed by atoms with E-state index in [4.69, 9.17) is 9.47 Å². The number of rotatable bonds is 11. The first-order valence-electron chi connectivity index (χ1n) is 15.2. The maximum Gasteiger partial charge on any atom is 0.224 e. The molecule has 2 fully saturated rings. The number of nitrogens with zero attached hydrogens (tertiary/aromatic N) is 5. The van der Waals surface area contributed by atoms with Crippen LogP contribution in [-0.4, -0.2) is 115 Å². The molecule has 2 aliphatic heterocycles. The Hall–Kier alpha value is -2.76. The van der Waals surface area contributed by atoms with E-state index in [2.05, 4.69) is 46.1 Å². The summed E-state index contributed by atoms with van der Waals surface area (Å²) in [5.41, 5.74) is 0.838. The van der Waals surface area contributed by atoms with Gasteiger partial charge in [-0.15, -0.1) is 0 Å². The van der Waals surface area contributed by atoms with E-state index < -0.39 is 0 Å². The fraction of sp³-hybridized carbons (Fsp3) is 0.733. The Kier molecular flexibility index (Phi) is 13.3. The summed E-state index contributed by atoms with van der Waals surface area (Å²) >= 11 is 0. The maximum atomic E-state index is 12.5. The molecule has 2 aliphatic rings. The monoisotopic (exact) mass is 573 g/mol. The van der Waals surface area contributed by atoms with Crippen molar-refractivity contribution in [2.24, 2.45) is 11.8 Å². The van der Waals surface area contributed by atoms with Crippen molar-refractivity contribution in [2.75, 3.05) is 71.6 Å². The molecule has 4 atom stereocenters. The first-order chi connectivity index (χ1) is 19.8. The molecule has 2 aromatic heterocycles. The summed E-state index contributed by atoms with van der Waals surface area (Å²) in [5, 5.41) is 4.29. The Morgan fingerprint density at radius 1 is 1.00 bits per heavy atom. The lowest BCUT2D eigenvalue weighted by Crippen LogP contribution is -2.53. The Morgan fingerprint density at radius 3 is 2.22 bits per heavy atom. The number of carbonyl (C=O) groups is 2. The molecule has 0 aromatic carbocycles. The van der Waals surface area contributed by atoms with Crippen molar-refractivity contribution in [3.8, 4) is 0 Å². The predicted molar refractivity (Wildman–Crippen MR) is 162 cm³/mol. The van der Waals surface area contributed by atoms with Crippen LogP contribution in [0.3, 0.4) is 0 Å². The molecular formula is C30H51N7O4. The van der Waals surface area contributed by atoms with Crippen LogP contribution in [0.2, 0.25) is 0 Å². The van der Waals surface area contributed by atoms with Gasteiger partial charge in [0.2, 0.25) is 11.8 Å². The van der Waals surface area contributed by atoms with Crippen LogP contribution in [0.5, 0.6) is 0 Å². The third-order valence-electron chi connectivity index (χ3n) is 8.45. The quantitative estimate of drug-likeness (QED) is 0.395. The zero-order chi connectivity index (χ0) is 29.8. The highest BCUT2D eigenvalue weighted by molar-refractivity contribution is 5.87. The number of hydrogen-bond acceptors (Lipinski definition) is 8. The van der Waals surface area contributed by atoms with Gasteiger partial charge in [-0.25, -0.2) is 9.97 Å². The van der Waals surface area contributed by atoms with E-state index in [1.54, 1.807) is 6.33 Å². The van der Waals surface area contributed by atoms with Gasteiger partial charge in [-0.05, 0) is 51.6 Å². The molecule has 4 heterocycles. The second-order valence-electron chi connectivity index (χ2n) is 11.1. The van der Waals surface area contributed by atoms with E-state index in [0.717, 1.165) is 55.9 Å². The van der Waals surface area contributed by atoms with Gasteiger partial charge in [-0.2, -0.15) is 0 Å². The van der Waals surface area contributed by atoms with Gasteiger partial charge in [0, 0.05) is 58.7 Å². The Bertz CT molecular complexity index is 1080. The summed E-state index contributed by atoms with van der Waals surface area (Å²) in [6.07, 6.45) is 6.52. The Balaban J connectivity index is 0.000000250. The van der Waals surface area contributed by atoms with Crippen LogP contribution in [-0.2, 0) is 19.1 Å². The lowest BCUT2D eigenvalue weighted by Gasteiger charge is -2.42. The van der Waals surface area contributed by atoms with Gasteiger partial charge in [-0.3, -0.25) is 9.59 Å². The predicted octanol–water partition coefficient (Wildman–Crippen LogP) is 2.93. The molecule has 0 saturated carbocycles. The van der Waals surface area contributed by atoms with E-state index in [1.165, 1.54) is 0 Å². The van der Waals surface area contributed by atoms with Crippen molar-refractivity contribution in [1.29, 1.82) is 0 Å². The highest BCUT2D eigenvalue weighted by Gasteiger charge is 2.32. The number of H-pyrrole nitrogens is 1. The average Bonchev–Trinajstić information content (AvgIpc) is 3.47. The second kappa shape index (κ2) is 16.6. The maximum absolute atomic E-state index is 12.5. The number of hydrogen-bond donors (Lipinski definition) is 2. The number of aromatic amines is 1. The highest BCUT2D eigenvalue weighted by atomic mass is 16.5. The fourth-order valence-electron chi connectivity index (χ4n) is 5.67. The summed E-state index contributed by atoms with van der Waals surface area (Å²) < 4.78 is 10.5. The number of amides is 2. The Morgan fingerprint density at radius 2 is 1.61 bits per heavy atom. The number of likely N-dealkylation sites (tertiary alicyclic amines) is 2. The number of carbonyl (C=O) groups excluding carboxylic acids is 2. The van der Waals surface area contributed by atoms with Crippen molar-refractivity contribution in [3.63, 3.8) is 0 Å². The van der Waals surface area contributed by atoms with Crippen molar-refractivity contribution >= 4 is 28.7 Å². The van der Waals surface area contributed by atoms with Crippen molar-refractivity contribution in [1.82, 2.24) is 30.1 Å². The third-order valence-corrected chi connectivity index (χ3v) is 8.45. The number of ether oxygens (including phenoxy) is 2. The van der Waals surface area contributed by atoms with Gasteiger partial charge >= 0.3 is 0 Å². The summed E-state index contributed by atoms with van der Waals surface area (Å²) in [4.78, 5) is 42.3. The molecule has 2 amide bonds. The lowest BCUT2D eigenvalue weighted by molar-refractivity contribution is -0.134. The molecule has 0 aliphatic carbocycles. The molecule has 230 valence electrons. The van der Waals surface area contributed by atoms with E-state index in [1.807, 2.05) is 43.0 Å². The molecule has 0 bridgehead atoms. The van der Waals surface area contributed by atoms with Crippen molar-refractivity contribution in [2.45, 2.75) is 65.5 Å². The number of nitrogens with one attached hydrogen (secondary N) is 2. The summed E-state index contributed by atoms with van der Waals surface area (Å²) in [7, 11) is 4.03. The van der Waals surface area contributed by atoms with E-state index in [9.17, 15) is 9.59 Å². The normalized spacial score (nSPS) is 22.8. The van der Waals surface area contributed by atoms with Crippen LogP contribution < -0.4 is 10.2 Å². The number of likely N-dealkylation sites (N-methyl/N-ethyl adjacent to an activating group) is 2. The molecule has 4 unspecified atom stereocenters. The number of aromatic nitrogens is 3. The summed E-state index contributed by atoms with van der Waals surface area (Å²) in [6.45, 7) is 14.0. The van der Waals surface area contributed by atoms with Gasteiger partial charge in [0.25, 0.3) is 0 Å². The smallest absolute Gasteiger partial charge is 0.224 e. The van der Waals surface area contributed by atoms with Crippen LogP contribution >= 0.6 is 0 Å². The summed E-state index contributed by atoms with van der Waals surface area (Å²) in [5.74, 6) is 2.45. The molecule has 11 nitrogen and oxygen atoms in total. The average molecular weight is 574 g/mol. The topological polar surface area (TPSA) is 116 Å². The van der Waals surface area contributed by atoms with Gasteiger partial charge in [0.1, 0.15) is 17.8 Å². The molecule has 4 rings (SSSR count). The highest BCUT2D eigenvalue weighted by Crippen LogP contribution is 2.28. The first-order valence-corrected chi connectivity index (χ1v) is 15.2. The van der Waals surface area contributed by atoms with Gasteiger partial charge in [0.05, 0.1) is 37.5 Å². The molecule has 2 saturated heterocycles. The third kappa shape index (κ3) is 9.11. The van der Waals surface area contributed by atoms with Gasteiger partial charge < -0.3 is 34.5 Å². The zero-order valence-electron chi connectivity index (χ0n) is 25.9. The molecule has 11 heteroatoms. The minimum Gasteiger partial charge on any atom is -0.381 e. The zero-order valence-corrected chi connectivity index (χ0v) is 25.9. The van der Waals surface area contributed by atoms with Crippen LogP contribution in [0.1, 0.15) is 53.4 Å². The minimum atomic E-state index is 0.174. The Labute approximate surface area is 245 Å². The standard InChI is InChI=1S/C18H27N5O2.C12H24N2O2/c1-4-25-10-7-16(24)23-9-6-13(2)15(11-23)22(3)18-14-5-8-19-17(14)20-12-21-18;1-4-16-8-6-12(15)14-7-5-10(2)11(9-14)13-3/h5,8,12-13,15H,4,6-7,9-11H2,1-3H3,(H,19,20,21);10-11,13H,4-9H2,1-3H3. The van der Waals surface area contributed by atoms with Crippen molar-refractivity contribution in [3.05, 3.63) is 18.6 Å². The van der Waals surface area contributed by atoms with Gasteiger partial charge in [0.15, 0.2) is 0 Å². The summed E-state index contributed by atoms with van der Waals surface area (Å²) in [6, 6.07) is 2.67. The molecule has 0 radical (unpaired) electrons. The van der Waals surface area contributed by atoms with Crippen LogP contribution in [0.15, 0.2) is 18.6 Å².